The summed E-state index contributed by atoms with van der Waals surface area (Å²) in [5.41, 5.74) is 2.20. The molecule has 1 amide bonds. The molecule has 5 nitrogen and oxygen atoms in total. The molecular formula is C16H19N3O2. The van der Waals surface area contributed by atoms with Gasteiger partial charge in [0.1, 0.15) is 11.4 Å². The van der Waals surface area contributed by atoms with Gasteiger partial charge in [-0.15, -0.1) is 0 Å². The van der Waals surface area contributed by atoms with Crippen molar-refractivity contribution in [2.45, 2.75) is 13.5 Å². The number of anilines is 1. The number of hydrogen-bond donors (Lipinski definition) is 2. The summed E-state index contributed by atoms with van der Waals surface area (Å²) in [6.07, 6.45) is 1.62. The predicted molar refractivity (Wildman–Crippen MR) is 82.6 cm³/mol. The molecule has 0 aliphatic carbocycles. The van der Waals surface area contributed by atoms with Crippen LogP contribution in [0.15, 0.2) is 42.6 Å². The van der Waals surface area contributed by atoms with Gasteiger partial charge >= 0.3 is 0 Å². The number of pyridine rings is 1. The van der Waals surface area contributed by atoms with Gasteiger partial charge < -0.3 is 15.4 Å². The monoisotopic (exact) mass is 285 g/mol. The van der Waals surface area contributed by atoms with Gasteiger partial charge in [0, 0.05) is 30.5 Å². The first-order chi connectivity index (χ1) is 10.2. The number of benzene rings is 1. The number of carbonyl (C=O) groups excluding carboxylic acids is 1. The smallest absolute Gasteiger partial charge is 0.270 e. The fourth-order valence-electron chi connectivity index (χ4n) is 1.98. The van der Waals surface area contributed by atoms with E-state index < -0.39 is 0 Å². The van der Waals surface area contributed by atoms with Crippen LogP contribution >= 0.6 is 0 Å². The van der Waals surface area contributed by atoms with Gasteiger partial charge in [0.2, 0.25) is 0 Å². The Hall–Kier alpha value is -2.56. The third-order valence-electron chi connectivity index (χ3n) is 3.01. The highest BCUT2D eigenvalue weighted by atomic mass is 16.5. The zero-order valence-electron chi connectivity index (χ0n) is 12.2. The predicted octanol–water partition coefficient (Wildman–Crippen LogP) is 2.45. The van der Waals surface area contributed by atoms with Gasteiger partial charge in [-0.2, -0.15) is 0 Å². The fourth-order valence-corrected chi connectivity index (χ4v) is 1.98. The number of carbonyl (C=O) groups is 1. The molecule has 0 bridgehead atoms. The van der Waals surface area contributed by atoms with Crippen LogP contribution in [0, 0.1) is 0 Å². The van der Waals surface area contributed by atoms with Crippen molar-refractivity contribution in [1.29, 1.82) is 0 Å². The number of nitrogens with zero attached hydrogens (tertiary/aromatic N) is 1. The molecule has 1 aromatic carbocycles. The highest BCUT2D eigenvalue weighted by molar-refractivity contribution is 5.93. The number of rotatable bonds is 6. The summed E-state index contributed by atoms with van der Waals surface area (Å²) >= 11 is 0. The summed E-state index contributed by atoms with van der Waals surface area (Å²) in [5, 5.41) is 6.00. The molecule has 0 spiro atoms. The number of amides is 1. The van der Waals surface area contributed by atoms with Crippen molar-refractivity contribution < 1.29 is 9.53 Å². The SMILES string of the molecule is CCNc1ccnc(C(=O)NCc2ccccc2OC)c1. The first kappa shape index (κ1) is 14.8. The van der Waals surface area contributed by atoms with Crippen molar-refractivity contribution in [2.75, 3.05) is 19.0 Å². The first-order valence-electron chi connectivity index (χ1n) is 6.84. The minimum Gasteiger partial charge on any atom is -0.496 e. The number of methoxy groups -OCH3 is 1. The van der Waals surface area contributed by atoms with Gasteiger partial charge in [-0.1, -0.05) is 18.2 Å². The maximum absolute atomic E-state index is 12.1. The van der Waals surface area contributed by atoms with Gasteiger partial charge in [0.05, 0.1) is 7.11 Å². The Morgan fingerprint density at radius 1 is 1.29 bits per heavy atom. The van der Waals surface area contributed by atoms with Crippen LogP contribution in [0.4, 0.5) is 5.69 Å². The normalized spacial score (nSPS) is 10.0. The zero-order chi connectivity index (χ0) is 15.1. The van der Waals surface area contributed by atoms with E-state index in [1.54, 1.807) is 19.4 Å². The molecule has 2 aromatic rings. The second kappa shape index (κ2) is 7.28. The Morgan fingerprint density at radius 3 is 2.86 bits per heavy atom. The average Bonchev–Trinajstić information content (AvgIpc) is 2.53. The van der Waals surface area contributed by atoms with Crippen LogP contribution in [0.1, 0.15) is 23.0 Å². The minimum atomic E-state index is -0.208. The fraction of sp³-hybridized carbons (Fsp3) is 0.250. The molecule has 110 valence electrons. The van der Waals surface area contributed by atoms with Crippen LogP contribution in [-0.2, 0) is 6.54 Å². The largest absolute Gasteiger partial charge is 0.496 e. The Labute approximate surface area is 124 Å². The summed E-state index contributed by atoms with van der Waals surface area (Å²) < 4.78 is 5.26. The van der Waals surface area contributed by atoms with E-state index in [0.29, 0.717) is 12.2 Å². The molecular weight excluding hydrogens is 266 g/mol. The van der Waals surface area contributed by atoms with Crippen LogP contribution in [-0.4, -0.2) is 24.5 Å². The molecule has 2 rings (SSSR count). The lowest BCUT2D eigenvalue weighted by molar-refractivity contribution is 0.0945. The van der Waals surface area contributed by atoms with Gasteiger partial charge in [0.25, 0.3) is 5.91 Å². The lowest BCUT2D eigenvalue weighted by Gasteiger charge is -2.10. The highest BCUT2D eigenvalue weighted by Gasteiger charge is 2.09. The first-order valence-corrected chi connectivity index (χ1v) is 6.84. The second-order valence-corrected chi connectivity index (χ2v) is 4.45. The van der Waals surface area contributed by atoms with E-state index in [1.807, 2.05) is 37.3 Å². The molecule has 1 aromatic heterocycles. The molecule has 0 aliphatic heterocycles. The lowest BCUT2D eigenvalue weighted by atomic mass is 10.2. The molecule has 0 saturated carbocycles. The van der Waals surface area contributed by atoms with Crippen LogP contribution in [0.5, 0.6) is 5.75 Å². The molecule has 0 fully saturated rings. The van der Waals surface area contributed by atoms with Crippen molar-refractivity contribution in [3.05, 3.63) is 53.9 Å². The van der Waals surface area contributed by atoms with E-state index in [4.69, 9.17) is 4.74 Å². The Balaban J connectivity index is 2.03. The second-order valence-electron chi connectivity index (χ2n) is 4.45. The molecule has 0 unspecified atom stereocenters. The molecule has 0 radical (unpaired) electrons. The number of nitrogens with one attached hydrogen (secondary N) is 2. The van der Waals surface area contributed by atoms with Crippen molar-refractivity contribution in [3.8, 4) is 5.75 Å². The van der Waals surface area contributed by atoms with E-state index in [9.17, 15) is 4.79 Å². The third kappa shape index (κ3) is 3.95. The van der Waals surface area contributed by atoms with Crippen molar-refractivity contribution in [3.63, 3.8) is 0 Å². The third-order valence-corrected chi connectivity index (χ3v) is 3.01. The molecule has 1 heterocycles. The van der Waals surface area contributed by atoms with Gasteiger partial charge in [-0.05, 0) is 25.1 Å². The molecule has 0 aliphatic rings. The number of para-hydroxylation sites is 1. The van der Waals surface area contributed by atoms with E-state index >= 15 is 0 Å². The number of hydrogen-bond acceptors (Lipinski definition) is 4. The lowest BCUT2D eigenvalue weighted by Crippen LogP contribution is -2.24. The summed E-state index contributed by atoms with van der Waals surface area (Å²) in [6, 6.07) is 11.2. The molecule has 2 N–H and O–H groups in total. The van der Waals surface area contributed by atoms with Crippen LogP contribution < -0.4 is 15.4 Å². The minimum absolute atomic E-state index is 0.208. The number of ether oxygens (including phenoxy) is 1. The van der Waals surface area contributed by atoms with Crippen LogP contribution in [0.3, 0.4) is 0 Å². The maximum Gasteiger partial charge on any atom is 0.270 e. The van der Waals surface area contributed by atoms with Crippen molar-refractivity contribution >= 4 is 11.6 Å². The van der Waals surface area contributed by atoms with Crippen molar-refractivity contribution in [2.24, 2.45) is 0 Å². The van der Waals surface area contributed by atoms with Gasteiger partial charge in [-0.25, -0.2) is 0 Å². The zero-order valence-corrected chi connectivity index (χ0v) is 12.2. The van der Waals surface area contributed by atoms with Crippen molar-refractivity contribution in [1.82, 2.24) is 10.3 Å². The quantitative estimate of drug-likeness (QED) is 0.855. The Morgan fingerprint density at radius 2 is 2.10 bits per heavy atom. The molecule has 5 heteroatoms. The van der Waals surface area contributed by atoms with E-state index in [0.717, 1.165) is 23.5 Å². The van der Waals surface area contributed by atoms with Crippen LogP contribution in [0.2, 0.25) is 0 Å². The summed E-state index contributed by atoms with van der Waals surface area (Å²) in [7, 11) is 1.61. The van der Waals surface area contributed by atoms with E-state index in [1.165, 1.54) is 0 Å². The van der Waals surface area contributed by atoms with Gasteiger partial charge in [0.15, 0.2) is 0 Å². The standard InChI is InChI=1S/C16H19N3O2/c1-3-17-13-8-9-18-14(10-13)16(20)19-11-12-6-4-5-7-15(12)21-2/h4-10H,3,11H2,1-2H3,(H,17,18)(H,19,20). The Bertz CT molecular complexity index is 614. The molecule has 0 saturated heterocycles. The average molecular weight is 285 g/mol. The van der Waals surface area contributed by atoms with Crippen LogP contribution in [0.25, 0.3) is 0 Å². The van der Waals surface area contributed by atoms with E-state index in [2.05, 4.69) is 15.6 Å². The number of aromatic nitrogens is 1. The van der Waals surface area contributed by atoms with E-state index in [-0.39, 0.29) is 5.91 Å². The highest BCUT2D eigenvalue weighted by Crippen LogP contribution is 2.17. The summed E-state index contributed by atoms with van der Waals surface area (Å²) in [4.78, 5) is 16.2. The topological polar surface area (TPSA) is 63.2 Å². The summed E-state index contributed by atoms with van der Waals surface area (Å²) in [6.45, 7) is 3.20. The maximum atomic E-state index is 12.1. The molecule has 21 heavy (non-hydrogen) atoms. The summed E-state index contributed by atoms with van der Waals surface area (Å²) in [5.74, 6) is 0.549. The molecule has 0 atom stereocenters. The Kier molecular flexibility index (Phi) is 5.15. The van der Waals surface area contributed by atoms with Gasteiger partial charge in [-0.3, -0.25) is 9.78 Å².